The van der Waals surface area contributed by atoms with Gasteiger partial charge in [-0.3, -0.25) is 9.69 Å². The molecule has 3 N–H and O–H groups in total. The Labute approximate surface area is 163 Å². The van der Waals surface area contributed by atoms with Gasteiger partial charge in [-0.2, -0.15) is 11.8 Å². The van der Waals surface area contributed by atoms with Gasteiger partial charge in [-0.1, -0.05) is 12.8 Å². The molecule has 0 aromatic heterocycles. The lowest BCUT2D eigenvalue weighted by molar-refractivity contribution is -0.121. The van der Waals surface area contributed by atoms with Gasteiger partial charge in [0.2, 0.25) is 5.91 Å². The quantitative estimate of drug-likeness (QED) is 0.482. The molecule has 0 bridgehead atoms. The van der Waals surface area contributed by atoms with Gasteiger partial charge in [0.1, 0.15) is 6.54 Å². The molecule has 0 aromatic carbocycles. The van der Waals surface area contributed by atoms with E-state index in [1.165, 1.54) is 50.3 Å². The number of nitrogens with zero attached hydrogens (tertiary/aromatic N) is 2. The molecule has 6 nitrogen and oxygen atoms in total. The summed E-state index contributed by atoms with van der Waals surface area (Å²) in [4.78, 5) is 19.2. The molecule has 2 rings (SSSR count). The van der Waals surface area contributed by atoms with Crippen molar-refractivity contribution < 1.29 is 4.79 Å². The van der Waals surface area contributed by atoms with E-state index in [1.807, 2.05) is 20.8 Å². The first kappa shape index (κ1) is 21.4. The molecule has 2 aliphatic rings. The Morgan fingerprint density at radius 2 is 1.81 bits per heavy atom. The van der Waals surface area contributed by atoms with E-state index in [2.05, 4.69) is 44.5 Å². The van der Waals surface area contributed by atoms with Crippen LogP contribution in [-0.4, -0.2) is 72.1 Å². The van der Waals surface area contributed by atoms with Crippen LogP contribution in [0.1, 0.15) is 53.4 Å². The molecule has 2 fully saturated rings. The van der Waals surface area contributed by atoms with Crippen LogP contribution in [0.4, 0.5) is 0 Å². The van der Waals surface area contributed by atoms with Gasteiger partial charge in [-0.05, 0) is 40.5 Å². The molecule has 0 spiro atoms. The normalized spacial score (nSPS) is 21.5. The van der Waals surface area contributed by atoms with Crippen molar-refractivity contribution in [2.45, 2.75) is 64.5 Å². The van der Waals surface area contributed by atoms with Gasteiger partial charge >= 0.3 is 0 Å². The molecule has 0 unspecified atom stereocenters. The van der Waals surface area contributed by atoms with Crippen molar-refractivity contribution >= 4 is 23.6 Å². The molecular formula is C19H37N5OS. The van der Waals surface area contributed by atoms with E-state index in [1.54, 1.807) is 0 Å². The lowest BCUT2D eigenvalue weighted by atomic mass is 9.94. The molecule has 1 aliphatic carbocycles. The summed E-state index contributed by atoms with van der Waals surface area (Å²) in [7, 11) is 0. The third kappa shape index (κ3) is 6.65. The van der Waals surface area contributed by atoms with Gasteiger partial charge in [-0.15, -0.1) is 0 Å². The Balaban J connectivity index is 1.94. The van der Waals surface area contributed by atoms with Crippen LogP contribution < -0.4 is 16.0 Å². The highest BCUT2D eigenvalue weighted by Gasteiger charge is 2.39. The predicted molar refractivity (Wildman–Crippen MR) is 112 cm³/mol. The maximum absolute atomic E-state index is 12.1. The lowest BCUT2D eigenvalue weighted by Gasteiger charge is -2.43. The molecule has 150 valence electrons. The zero-order chi connectivity index (χ0) is 19.0. The van der Waals surface area contributed by atoms with E-state index in [4.69, 9.17) is 0 Å². The number of carbonyl (C=O) groups excluding carboxylic acids is 1. The third-order valence-electron chi connectivity index (χ3n) is 5.04. The van der Waals surface area contributed by atoms with Crippen LogP contribution in [0.2, 0.25) is 0 Å². The van der Waals surface area contributed by atoms with Crippen LogP contribution in [0.15, 0.2) is 4.99 Å². The van der Waals surface area contributed by atoms with Crippen LogP contribution >= 0.6 is 11.8 Å². The molecule has 1 aliphatic heterocycles. The first-order valence-corrected chi connectivity index (χ1v) is 11.2. The number of hydrogen-bond acceptors (Lipinski definition) is 4. The molecular weight excluding hydrogens is 346 g/mol. The van der Waals surface area contributed by atoms with Gasteiger partial charge in [0.05, 0.1) is 0 Å². The number of rotatable bonds is 6. The average molecular weight is 384 g/mol. The van der Waals surface area contributed by atoms with Crippen molar-refractivity contribution in [2.24, 2.45) is 4.99 Å². The number of aliphatic imine (C=N–C) groups is 1. The Hall–Kier alpha value is -0.950. The summed E-state index contributed by atoms with van der Waals surface area (Å²) < 4.78 is 0. The standard InChI is InChI=1S/C19H37N5OS/c1-5-20-17(21-14-16(25)23-18(2,3)4)22-15-19(8-6-7-9-19)24-10-12-26-13-11-24/h5-15H2,1-4H3,(H,23,25)(H2,20,21,22). The predicted octanol–water partition coefficient (Wildman–Crippen LogP) is 1.82. The van der Waals surface area contributed by atoms with E-state index >= 15 is 0 Å². The molecule has 1 amide bonds. The summed E-state index contributed by atoms with van der Waals surface area (Å²) >= 11 is 2.06. The van der Waals surface area contributed by atoms with Crippen molar-refractivity contribution in [3.63, 3.8) is 0 Å². The zero-order valence-electron chi connectivity index (χ0n) is 17.0. The Bertz CT molecular complexity index is 477. The largest absolute Gasteiger partial charge is 0.357 e. The highest BCUT2D eigenvalue weighted by molar-refractivity contribution is 7.99. The number of carbonyl (C=O) groups is 1. The number of thioether (sulfide) groups is 1. The van der Waals surface area contributed by atoms with Gasteiger partial charge < -0.3 is 16.0 Å². The minimum atomic E-state index is -0.224. The Morgan fingerprint density at radius 3 is 2.38 bits per heavy atom. The van der Waals surface area contributed by atoms with Crippen LogP contribution in [0.25, 0.3) is 0 Å². The fraction of sp³-hybridized carbons (Fsp3) is 0.895. The van der Waals surface area contributed by atoms with Crippen LogP contribution in [0.5, 0.6) is 0 Å². The summed E-state index contributed by atoms with van der Waals surface area (Å²) in [6, 6.07) is 0. The summed E-state index contributed by atoms with van der Waals surface area (Å²) in [6.07, 6.45) is 5.14. The third-order valence-corrected chi connectivity index (χ3v) is 5.98. The molecule has 26 heavy (non-hydrogen) atoms. The SMILES string of the molecule is CCNC(=NCC(=O)NC(C)(C)C)NCC1(N2CCSCC2)CCCC1. The average Bonchev–Trinajstić information content (AvgIpc) is 3.07. The minimum Gasteiger partial charge on any atom is -0.357 e. The Kier molecular flexibility index (Phi) is 8.07. The number of nitrogens with one attached hydrogen (secondary N) is 3. The molecule has 1 saturated carbocycles. The van der Waals surface area contributed by atoms with Gasteiger partial charge in [0, 0.05) is 48.8 Å². The summed E-state index contributed by atoms with van der Waals surface area (Å²) in [6.45, 7) is 12.2. The summed E-state index contributed by atoms with van der Waals surface area (Å²) in [5, 5.41) is 9.77. The van der Waals surface area contributed by atoms with E-state index in [9.17, 15) is 4.79 Å². The molecule has 0 aromatic rings. The van der Waals surface area contributed by atoms with Crippen LogP contribution in [0.3, 0.4) is 0 Å². The maximum Gasteiger partial charge on any atom is 0.242 e. The van der Waals surface area contributed by atoms with Gasteiger partial charge in [0.15, 0.2) is 5.96 Å². The molecule has 1 saturated heterocycles. The molecule has 7 heteroatoms. The first-order chi connectivity index (χ1) is 12.3. The summed E-state index contributed by atoms with van der Waals surface area (Å²) in [5.74, 6) is 3.18. The first-order valence-electron chi connectivity index (χ1n) is 10.0. The number of hydrogen-bond donors (Lipinski definition) is 3. The molecule has 0 radical (unpaired) electrons. The number of amides is 1. The maximum atomic E-state index is 12.1. The van der Waals surface area contributed by atoms with Crippen molar-refractivity contribution in [2.75, 3.05) is 44.2 Å². The fourth-order valence-corrected chi connectivity index (χ4v) is 4.78. The highest BCUT2D eigenvalue weighted by Crippen LogP contribution is 2.36. The van der Waals surface area contributed by atoms with Crippen molar-refractivity contribution in [1.82, 2.24) is 20.9 Å². The van der Waals surface area contributed by atoms with Crippen molar-refractivity contribution in [3.8, 4) is 0 Å². The van der Waals surface area contributed by atoms with E-state index < -0.39 is 0 Å². The van der Waals surface area contributed by atoms with Crippen molar-refractivity contribution in [3.05, 3.63) is 0 Å². The second-order valence-electron chi connectivity index (χ2n) is 8.38. The summed E-state index contributed by atoms with van der Waals surface area (Å²) in [5.41, 5.74) is 0.0312. The molecule has 1 heterocycles. The molecule has 0 atom stereocenters. The van der Waals surface area contributed by atoms with Gasteiger partial charge in [-0.25, -0.2) is 4.99 Å². The second-order valence-corrected chi connectivity index (χ2v) is 9.60. The smallest absolute Gasteiger partial charge is 0.242 e. The highest BCUT2D eigenvalue weighted by atomic mass is 32.2. The van der Waals surface area contributed by atoms with Crippen LogP contribution in [-0.2, 0) is 4.79 Å². The van der Waals surface area contributed by atoms with Gasteiger partial charge in [0.25, 0.3) is 0 Å². The lowest BCUT2D eigenvalue weighted by Crippen LogP contribution is -2.57. The zero-order valence-corrected chi connectivity index (χ0v) is 17.8. The van der Waals surface area contributed by atoms with E-state index in [0.717, 1.165) is 19.0 Å². The topological polar surface area (TPSA) is 68.8 Å². The van der Waals surface area contributed by atoms with Crippen LogP contribution in [0, 0.1) is 0 Å². The fourth-order valence-electron chi connectivity index (χ4n) is 3.87. The Morgan fingerprint density at radius 1 is 1.15 bits per heavy atom. The monoisotopic (exact) mass is 383 g/mol. The van der Waals surface area contributed by atoms with Crippen molar-refractivity contribution in [1.29, 1.82) is 0 Å². The second kappa shape index (κ2) is 9.83. The van der Waals surface area contributed by atoms with E-state index in [0.29, 0.717) is 0 Å². The minimum absolute atomic E-state index is 0.0432. The number of guanidine groups is 1. The van der Waals surface area contributed by atoms with E-state index in [-0.39, 0.29) is 23.5 Å².